The summed E-state index contributed by atoms with van der Waals surface area (Å²) in [6.07, 6.45) is 13.1. The lowest BCUT2D eigenvalue weighted by atomic mass is 9.82. The van der Waals surface area contributed by atoms with Gasteiger partial charge in [-0.25, -0.2) is 0 Å². The Kier molecular flexibility index (Phi) is 16.5. The SMILES string of the molecule is CCCCCC(NC(=O)C1[C@@H](CCC)CCN1C(=O)C(NC(=O)C(NC(=O)[C@@H](C)NSC)C1CCCCC1)C(C)(C)C)C(=O)C(=O)NC1CC1. The minimum absolute atomic E-state index is 0.0151. The van der Waals surface area contributed by atoms with Gasteiger partial charge in [0.2, 0.25) is 29.4 Å². The van der Waals surface area contributed by atoms with E-state index in [9.17, 15) is 28.8 Å². The van der Waals surface area contributed by atoms with Crippen LogP contribution in [0.4, 0.5) is 0 Å². The van der Waals surface area contributed by atoms with E-state index >= 15 is 0 Å². The summed E-state index contributed by atoms with van der Waals surface area (Å²) in [6.45, 7) is 11.8. The minimum atomic E-state index is -0.978. The van der Waals surface area contributed by atoms with Gasteiger partial charge in [0.25, 0.3) is 5.91 Å². The predicted octanol–water partition coefficient (Wildman–Crippen LogP) is 3.77. The fourth-order valence-electron chi connectivity index (χ4n) is 7.32. The third-order valence-electron chi connectivity index (χ3n) is 10.4. The van der Waals surface area contributed by atoms with Crippen LogP contribution in [-0.2, 0) is 28.8 Å². The van der Waals surface area contributed by atoms with E-state index in [-0.39, 0.29) is 29.7 Å². The van der Waals surface area contributed by atoms with E-state index in [2.05, 4.69) is 26.0 Å². The largest absolute Gasteiger partial charge is 0.347 e. The smallest absolute Gasteiger partial charge is 0.289 e. The van der Waals surface area contributed by atoms with E-state index in [0.717, 1.165) is 64.2 Å². The molecule has 6 atom stereocenters. The highest BCUT2D eigenvalue weighted by atomic mass is 32.2. The number of hydrogen-bond donors (Lipinski definition) is 5. The zero-order valence-corrected chi connectivity index (χ0v) is 32.3. The van der Waals surface area contributed by atoms with Gasteiger partial charge in [-0.1, -0.05) is 91.5 Å². The molecular formula is C37H64N6O6S. The average molecular weight is 721 g/mol. The fraction of sp³-hybridized carbons (Fsp3) is 0.838. The van der Waals surface area contributed by atoms with Crippen molar-refractivity contribution >= 4 is 47.3 Å². The Hall–Kier alpha value is -2.67. The highest BCUT2D eigenvalue weighted by Gasteiger charge is 2.47. The van der Waals surface area contributed by atoms with Gasteiger partial charge < -0.3 is 26.2 Å². The summed E-state index contributed by atoms with van der Waals surface area (Å²) in [5.41, 5.74) is -0.717. The summed E-state index contributed by atoms with van der Waals surface area (Å²) < 4.78 is 3.03. The van der Waals surface area contributed by atoms with E-state index in [1.54, 1.807) is 11.8 Å². The molecule has 284 valence electrons. The second-order valence-corrected chi connectivity index (χ2v) is 16.4. The third kappa shape index (κ3) is 12.0. The van der Waals surface area contributed by atoms with Crippen LogP contribution >= 0.6 is 11.9 Å². The Bertz CT molecular complexity index is 1180. The lowest BCUT2D eigenvalue weighted by molar-refractivity contribution is -0.146. The van der Waals surface area contributed by atoms with Gasteiger partial charge >= 0.3 is 0 Å². The van der Waals surface area contributed by atoms with Crippen molar-refractivity contribution in [2.45, 2.75) is 168 Å². The van der Waals surface area contributed by atoms with Gasteiger partial charge in [-0.05, 0) is 75.4 Å². The molecular weight excluding hydrogens is 657 g/mol. The maximum Gasteiger partial charge on any atom is 0.289 e. The molecule has 13 heteroatoms. The molecule has 2 saturated carbocycles. The Labute approximate surface area is 304 Å². The predicted molar refractivity (Wildman–Crippen MR) is 197 cm³/mol. The topological polar surface area (TPSA) is 166 Å². The van der Waals surface area contributed by atoms with Gasteiger partial charge in [0.1, 0.15) is 18.1 Å². The number of Topliss-reactive ketones (excluding diaryl/α,β-unsaturated/α-hetero) is 1. The number of nitrogens with one attached hydrogen (secondary N) is 5. The zero-order chi connectivity index (χ0) is 37.0. The second-order valence-electron chi connectivity index (χ2n) is 15.7. The van der Waals surface area contributed by atoms with Crippen LogP contribution in [-0.4, -0.2) is 89.3 Å². The molecule has 0 bridgehead atoms. The number of carbonyl (C=O) groups excluding carboxylic acids is 6. The minimum Gasteiger partial charge on any atom is -0.347 e. The van der Waals surface area contributed by atoms with E-state index in [0.29, 0.717) is 32.2 Å². The maximum absolute atomic E-state index is 14.6. The molecule has 0 aromatic heterocycles. The Morgan fingerprint density at radius 2 is 1.52 bits per heavy atom. The molecule has 1 saturated heterocycles. The Morgan fingerprint density at radius 3 is 2.10 bits per heavy atom. The highest BCUT2D eigenvalue weighted by molar-refractivity contribution is 7.96. The molecule has 0 aromatic rings. The summed E-state index contributed by atoms with van der Waals surface area (Å²) >= 11 is 1.33. The van der Waals surface area contributed by atoms with Crippen LogP contribution in [0.2, 0.25) is 0 Å². The molecule has 12 nitrogen and oxygen atoms in total. The summed E-state index contributed by atoms with van der Waals surface area (Å²) in [5, 5.41) is 11.7. The Balaban J connectivity index is 1.86. The normalized spacial score (nSPS) is 22.2. The van der Waals surface area contributed by atoms with Crippen molar-refractivity contribution in [3.63, 3.8) is 0 Å². The summed E-state index contributed by atoms with van der Waals surface area (Å²) in [5.74, 6) is -3.00. The van der Waals surface area contributed by atoms with E-state index in [4.69, 9.17) is 0 Å². The van der Waals surface area contributed by atoms with E-state index in [1.165, 1.54) is 11.9 Å². The molecule has 0 radical (unpaired) electrons. The molecule has 5 N–H and O–H groups in total. The molecule has 0 spiro atoms. The van der Waals surface area contributed by atoms with Gasteiger partial charge in [0.15, 0.2) is 0 Å². The first-order chi connectivity index (χ1) is 23.7. The molecule has 3 rings (SSSR count). The zero-order valence-electron chi connectivity index (χ0n) is 31.5. The molecule has 50 heavy (non-hydrogen) atoms. The average Bonchev–Trinajstić information content (AvgIpc) is 3.80. The molecule has 1 aliphatic heterocycles. The van der Waals surface area contributed by atoms with Gasteiger partial charge in [0, 0.05) is 12.6 Å². The first-order valence-electron chi connectivity index (χ1n) is 19.1. The van der Waals surface area contributed by atoms with Crippen LogP contribution in [0.25, 0.3) is 0 Å². The van der Waals surface area contributed by atoms with Crippen LogP contribution in [0.1, 0.15) is 131 Å². The standard InChI is InChI=1S/C37H64N6O6S/c1-8-10-12-18-27(30(44)35(48)38-26-19-20-26)39-34(47)29-25(15-9-2)21-22-43(29)36(49)31(37(4,5)6)41-33(46)28(24-16-13-11-14-17-24)40-32(45)23(3)42-50-7/h23-29,31,42H,8-22H2,1-7H3,(H,38,48)(H,39,47)(H,40,45)(H,41,46)/t23-,25+,27?,28?,29?,31?/m1/s1. The molecule has 4 unspecified atom stereocenters. The van der Waals surface area contributed by atoms with Gasteiger partial charge in [-0.15, -0.1) is 0 Å². The molecule has 5 amide bonds. The highest BCUT2D eigenvalue weighted by Crippen LogP contribution is 2.33. The fourth-order valence-corrected chi connectivity index (χ4v) is 7.78. The van der Waals surface area contributed by atoms with Crippen molar-refractivity contribution in [2.24, 2.45) is 17.3 Å². The number of amides is 5. The number of carbonyl (C=O) groups is 6. The number of ketones is 1. The van der Waals surface area contributed by atoms with E-state index in [1.807, 2.05) is 40.9 Å². The first-order valence-corrected chi connectivity index (χ1v) is 20.3. The molecule has 1 heterocycles. The van der Waals surface area contributed by atoms with Gasteiger partial charge in [-0.2, -0.15) is 0 Å². The quantitative estimate of drug-likeness (QED) is 0.0765. The number of nitrogens with zero attached hydrogens (tertiary/aromatic N) is 1. The third-order valence-corrected chi connectivity index (χ3v) is 11.0. The lowest BCUT2D eigenvalue weighted by Gasteiger charge is -2.38. The van der Waals surface area contributed by atoms with Crippen molar-refractivity contribution in [3.05, 3.63) is 0 Å². The lowest BCUT2D eigenvalue weighted by Crippen LogP contribution is -2.63. The summed E-state index contributed by atoms with van der Waals surface area (Å²) in [4.78, 5) is 83.6. The van der Waals surface area contributed by atoms with Gasteiger partial charge in [0.05, 0.1) is 12.1 Å². The van der Waals surface area contributed by atoms with Crippen molar-refractivity contribution < 1.29 is 28.8 Å². The second kappa shape index (κ2) is 19.8. The molecule has 3 aliphatic rings. The van der Waals surface area contributed by atoms with Crippen LogP contribution in [0.3, 0.4) is 0 Å². The van der Waals surface area contributed by atoms with Crippen molar-refractivity contribution in [2.75, 3.05) is 12.8 Å². The van der Waals surface area contributed by atoms with Crippen LogP contribution < -0.4 is 26.0 Å². The summed E-state index contributed by atoms with van der Waals surface area (Å²) in [6, 6.07) is -4.09. The van der Waals surface area contributed by atoms with Crippen LogP contribution in [0.15, 0.2) is 0 Å². The number of likely N-dealkylation sites (tertiary alicyclic amines) is 1. The molecule has 0 aromatic carbocycles. The molecule has 3 fully saturated rings. The monoisotopic (exact) mass is 720 g/mol. The van der Waals surface area contributed by atoms with Gasteiger partial charge in [-0.3, -0.25) is 33.5 Å². The number of unbranched alkanes of at least 4 members (excludes halogenated alkanes) is 2. The molecule has 2 aliphatic carbocycles. The number of hydrogen-bond acceptors (Lipinski definition) is 8. The number of rotatable bonds is 19. The van der Waals surface area contributed by atoms with Crippen LogP contribution in [0.5, 0.6) is 0 Å². The van der Waals surface area contributed by atoms with Crippen LogP contribution in [0, 0.1) is 17.3 Å². The Morgan fingerprint density at radius 1 is 0.840 bits per heavy atom. The van der Waals surface area contributed by atoms with E-state index < -0.39 is 59.1 Å². The van der Waals surface area contributed by atoms with Crippen molar-refractivity contribution in [1.82, 2.24) is 30.9 Å². The van der Waals surface area contributed by atoms with Crippen molar-refractivity contribution in [3.8, 4) is 0 Å². The first kappa shape index (κ1) is 41.7. The van der Waals surface area contributed by atoms with Crippen molar-refractivity contribution in [1.29, 1.82) is 0 Å². The summed E-state index contributed by atoms with van der Waals surface area (Å²) in [7, 11) is 0. The maximum atomic E-state index is 14.6.